The number of carbonyl (C=O) groups is 3. The second-order valence-corrected chi connectivity index (χ2v) is 8.45. The van der Waals surface area contributed by atoms with Gasteiger partial charge in [-0.05, 0) is 22.3 Å². The summed E-state index contributed by atoms with van der Waals surface area (Å²) in [5.74, 6) is -1.59. The van der Waals surface area contributed by atoms with Gasteiger partial charge in [0, 0.05) is 32.2 Å². The van der Waals surface area contributed by atoms with Crippen LogP contribution in [0.15, 0.2) is 60.7 Å². The van der Waals surface area contributed by atoms with Crippen molar-refractivity contribution in [1.82, 2.24) is 10.2 Å². The normalized spacial score (nSPS) is 19.3. The first-order chi connectivity index (χ1) is 16.9. The van der Waals surface area contributed by atoms with E-state index in [2.05, 4.69) is 17.4 Å². The van der Waals surface area contributed by atoms with E-state index in [0.717, 1.165) is 22.3 Å². The quantitative estimate of drug-likeness (QED) is 0.558. The fourth-order valence-corrected chi connectivity index (χ4v) is 4.54. The Balaban J connectivity index is 1.27. The largest absolute Gasteiger partial charge is 0.479 e. The zero-order valence-electron chi connectivity index (χ0n) is 19.4. The van der Waals surface area contributed by atoms with Crippen LogP contribution in [0, 0.1) is 0 Å². The number of ether oxygens (including phenoxy) is 3. The predicted molar refractivity (Wildman–Crippen MR) is 127 cm³/mol. The van der Waals surface area contributed by atoms with Gasteiger partial charge in [0.2, 0.25) is 11.5 Å². The zero-order valence-corrected chi connectivity index (χ0v) is 19.4. The lowest BCUT2D eigenvalue weighted by Crippen LogP contribution is -2.60. The van der Waals surface area contributed by atoms with Crippen molar-refractivity contribution in [3.63, 3.8) is 0 Å². The summed E-state index contributed by atoms with van der Waals surface area (Å²) in [5.41, 5.74) is 2.97. The van der Waals surface area contributed by atoms with Crippen LogP contribution < -0.4 is 5.32 Å². The molecule has 0 spiro atoms. The Morgan fingerprint density at radius 3 is 2.43 bits per heavy atom. The number of rotatable bonds is 8. The van der Waals surface area contributed by atoms with E-state index in [-0.39, 0.29) is 51.3 Å². The second kappa shape index (κ2) is 10.7. The van der Waals surface area contributed by atoms with E-state index < -0.39 is 17.7 Å². The summed E-state index contributed by atoms with van der Waals surface area (Å²) < 4.78 is 15.8. The van der Waals surface area contributed by atoms with Crippen LogP contribution in [-0.4, -0.2) is 80.1 Å². The molecule has 1 aliphatic carbocycles. The second-order valence-electron chi connectivity index (χ2n) is 8.45. The third-order valence-corrected chi connectivity index (χ3v) is 6.23. The number of methoxy groups -OCH3 is 1. The SMILES string of the molecule is COCC1(C(=O)O)CN(C(=O)/C=C/CNC(=O)OCC2c3ccccc3-c3ccccc32)CCO1. The van der Waals surface area contributed by atoms with E-state index in [1.807, 2.05) is 36.4 Å². The Labute approximate surface area is 203 Å². The number of carbonyl (C=O) groups excluding carboxylic acids is 2. The summed E-state index contributed by atoms with van der Waals surface area (Å²) in [5, 5.41) is 12.1. The summed E-state index contributed by atoms with van der Waals surface area (Å²) in [6.07, 6.45) is 2.22. The molecule has 4 rings (SSSR count). The molecular formula is C26H28N2O7. The van der Waals surface area contributed by atoms with Crippen LogP contribution in [0.3, 0.4) is 0 Å². The molecule has 35 heavy (non-hydrogen) atoms. The standard InChI is InChI=1S/C26H28N2O7/c1-33-17-26(24(30)31)16-28(13-14-35-26)23(29)11-6-12-27-25(32)34-15-22-20-9-4-2-7-18(20)19-8-3-5-10-21(19)22/h2-11,22H,12-17H2,1H3,(H,27,32)(H,30,31)/b11-6+. The number of hydrogen-bond acceptors (Lipinski definition) is 6. The molecule has 184 valence electrons. The zero-order chi connectivity index (χ0) is 24.8. The van der Waals surface area contributed by atoms with E-state index in [0.29, 0.717) is 0 Å². The smallest absolute Gasteiger partial charge is 0.407 e. The van der Waals surface area contributed by atoms with Gasteiger partial charge < -0.3 is 29.5 Å². The van der Waals surface area contributed by atoms with E-state index in [9.17, 15) is 19.5 Å². The molecule has 1 fully saturated rings. The number of hydrogen-bond donors (Lipinski definition) is 2. The summed E-state index contributed by atoms with van der Waals surface area (Å²) >= 11 is 0. The highest BCUT2D eigenvalue weighted by atomic mass is 16.6. The molecule has 0 bridgehead atoms. The highest BCUT2D eigenvalue weighted by Gasteiger charge is 2.45. The van der Waals surface area contributed by atoms with Gasteiger partial charge in [-0.25, -0.2) is 9.59 Å². The van der Waals surface area contributed by atoms with Crippen LogP contribution >= 0.6 is 0 Å². The van der Waals surface area contributed by atoms with Crippen LogP contribution in [0.1, 0.15) is 17.0 Å². The molecule has 2 aromatic rings. The Kier molecular flexibility index (Phi) is 7.48. The minimum Gasteiger partial charge on any atom is -0.479 e. The monoisotopic (exact) mass is 480 g/mol. The molecule has 2 aromatic carbocycles. The minimum atomic E-state index is -1.59. The number of carboxylic acid groups (broad SMARTS) is 1. The molecule has 2 aliphatic rings. The molecule has 0 saturated carbocycles. The van der Waals surface area contributed by atoms with Crippen molar-refractivity contribution < 1.29 is 33.7 Å². The van der Waals surface area contributed by atoms with Crippen LogP contribution in [-0.2, 0) is 23.8 Å². The Morgan fingerprint density at radius 1 is 1.14 bits per heavy atom. The molecule has 1 aliphatic heterocycles. The van der Waals surface area contributed by atoms with E-state index in [1.54, 1.807) is 0 Å². The Hall–Kier alpha value is -3.69. The van der Waals surface area contributed by atoms with Crippen molar-refractivity contribution in [2.45, 2.75) is 11.5 Å². The van der Waals surface area contributed by atoms with E-state index in [1.165, 1.54) is 24.2 Å². The summed E-state index contributed by atoms with van der Waals surface area (Å²) in [6, 6.07) is 16.2. The van der Waals surface area contributed by atoms with Crippen molar-refractivity contribution in [2.75, 3.05) is 46.6 Å². The molecule has 1 saturated heterocycles. The molecule has 9 nitrogen and oxygen atoms in total. The van der Waals surface area contributed by atoms with Gasteiger partial charge in [0.15, 0.2) is 0 Å². The van der Waals surface area contributed by atoms with Gasteiger partial charge in [-0.3, -0.25) is 4.79 Å². The van der Waals surface area contributed by atoms with Crippen LogP contribution in [0.2, 0.25) is 0 Å². The molecule has 2 N–H and O–H groups in total. The number of alkyl carbamates (subject to hydrolysis) is 1. The topological polar surface area (TPSA) is 114 Å². The van der Waals surface area contributed by atoms with Crippen molar-refractivity contribution in [1.29, 1.82) is 0 Å². The molecule has 0 aromatic heterocycles. The molecule has 1 atom stereocenters. The molecular weight excluding hydrogens is 452 g/mol. The lowest BCUT2D eigenvalue weighted by molar-refractivity contribution is -0.188. The fraction of sp³-hybridized carbons (Fsp3) is 0.346. The summed E-state index contributed by atoms with van der Waals surface area (Å²) in [6.45, 7) is 0.356. The first-order valence-electron chi connectivity index (χ1n) is 11.4. The molecule has 2 amide bonds. The van der Waals surface area contributed by atoms with Crippen molar-refractivity contribution in [3.05, 3.63) is 71.8 Å². The number of morpholine rings is 1. The number of benzene rings is 2. The number of aliphatic carboxylic acids is 1. The van der Waals surface area contributed by atoms with Gasteiger partial charge in [0.25, 0.3) is 0 Å². The highest BCUT2D eigenvalue weighted by Crippen LogP contribution is 2.44. The van der Waals surface area contributed by atoms with Gasteiger partial charge in [-0.2, -0.15) is 0 Å². The highest BCUT2D eigenvalue weighted by molar-refractivity contribution is 5.89. The Bertz CT molecular complexity index is 1080. The third kappa shape index (κ3) is 5.21. The van der Waals surface area contributed by atoms with Crippen LogP contribution in [0.5, 0.6) is 0 Å². The Morgan fingerprint density at radius 2 is 1.80 bits per heavy atom. The number of amides is 2. The first kappa shape index (κ1) is 24.4. The van der Waals surface area contributed by atoms with Crippen molar-refractivity contribution in [2.24, 2.45) is 0 Å². The van der Waals surface area contributed by atoms with Gasteiger partial charge in [-0.15, -0.1) is 0 Å². The van der Waals surface area contributed by atoms with Gasteiger partial charge in [0.1, 0.15) is 6.61 Å². The minimum absolute atomic E-state index is 0.0341. The predicted octanol–water partition coefficient (Wildman–Crippen LogP) is 2.41. The van der Waals surface area contributed by atoms with Crippen LogP contribution in [0.4, 0.5) is 4.79 Å². The molecule has 1 heterocycles. The number of nitrogens with one attached hydrogen (secondary N) is 1. The average molecular weight is 481 g/mol. The number of nitrogens with zero attached hydrogens (tertiary/aromatic N) is 1. The van der Waals surface area contributed by atoms with Gasteiger partial charge in [0.05, 0.1) is 19.8 Å². The molecule has 0 radical (unpaired) electrons. The maximum Gasteiger partial charge on any atom is 0.407 e. The average Bonchev–Trinajstić information content (AvgIpc) is 3.19. The fourth-order valence-electron chi connectivity index (χ4n) is 4.54. The number of carboxylic acids is 1. The van der Waals surface area contributed by atoms with Gasteiger partial charge >= 0.3 is 12.1 Å². The van der Waals surface area contributed by atoms with E-state index >= 15 is 0 Å². The summed E-state index contributed by atoms with van der Waals surface area (Å²) in [7, 11) is 1.38. The molecule has 1 unspecified atom stereocenters. The third-order valence-electron chi connectivity index (χ3n) is 6.23. The lowest BCUT2D eigenvalue weighted by Gasteiger charge is -2.38. The first-order valence-corrected chi connectivity index (χ1v) is 11.4. The van der Waals surface area contributed by atoms with E-state index in [4.69, 9.17) is 14.2 Å². The van der Waals surface area contributed by atoms with Crippen LogP contribution in [0.25, 0.3) is 11.1 Å². The van der Waals surface area contributed by atoms with Crippen molar-refractivity contribution >= 4 is 18.0 Å². The maximum atomic E-state index is 12.5. The number of fused-ring (bicyclic) bond motifs is 3. The molecule has 9 heteroatoms. The lowest BCUT2D eigenvalue weighted by atomic mass is 9.98. The van der Waals surface area contributed by atoms with Gasteiger partial charge in [-0.1, -0.05) is 54.6 Å². The van der Waals surface area contributed by atoms with Crippen molar-refractivity contribution in [3.8, 4) is 11.1 Å². The summed E-state index contributed by atoms with van der Waals surface area (Å²) in [4.78, 5) is 37.8. The maximum absolute atomic E-state index is 12.5.